The smallest absolute Gasteiger partial charge is 0.0622 e. The highest BCUT2D eigenvalue weighted by atomic mass is 15.1. The lowest BCUT2D eigenvalue weighted by Gasteiger charge is -2.26. The van der Waals surface area contributed by atoms with E-state index in [1.165, 1.54) is 66.0 Å². The minimum atomic E-state index is -0.128. The Hall–Kier alpha value is -6.38. The SMILES string of the molecule is CC1(C)c2ccccc2-c2ccc3ccc4c5ccccc5n(-c5ccc(N(c6ccccc6)c6ccc(-c7ccccc7)cc6)cc5)c4c3c21. The molecule has 1 aliphatic carbocycles. The molecule has 8 aromatic carbocycles. The predicted octanol–water partition coefficient (Wildman–Crippen LogP) is 13.4. The molecule has 0 unspecified atom stereocenters. The molecule has 0 fully saturated rings. The second kappa shape index (κ2) is 11.3. The van der Waals surface area contributed by atoms with Crippen LogP contribution in [-0.2, 0) is 5.41 Å². The van der Waals surface area contributed by atoms with Crippen LogP contribution in [0.4, 0.5) is 17.1 Å². The lowest BCUT2D eigenvalue weighted by Crippen LogP contribution is -2.15. The van der Waals surface area contributed by atoms with Gasteiger partial charge in [-0.05, 0) is 93.4 Å². The van der Waals surface area contributed by atoms with Gasteiger partial charge < -0.3 is 9.47 Å². The Morgan fingerprint density at radius 1 is 0.451 bits per heavy atom. The van der Waals surface area contributed by atoms with E-state index in [0.717, 1.165) is 22.7 Å². The van der Waals surface area contributed by atoms with Crippen molar-refractivity contribution in [1.82, 2.24) is 4.57 Å². The van der Waals surface area contributed by atoms with Gasteiger partial charge in [0.05, 0.1) is 11.0 Å². The summed E-state index contributed by atoms with van der Waals surface area (Å²) in [6.45, 7) is 4.78. The Bertz CT molecular complexity index is 2740. The molecule has 2 nitrogen and oxygen atoms in total. The molecule has 1 aliphatic rings. The van der Waals surface area contributed by atoms with E-state index in [0.29, 0.717) is 0 Å². The standard InChI is InChI=1S/C49H36N2/c1-49(2)44-19-11-9-17-40(44)42-31-23-35-24-32-43-41-18-10-12-20-45(41)51(48(43)46(35)47(42)49)39-29-27-38(28-30-39)50(36-15-7-4-8-16-36)37-25-21-34(22-26-37)33-13-5-3-6-14-33/h3-32H,1-2H3. The van der Waals surface area contributed by atoms with Crippen molar-refractivity contribution in [3.63, 3.8) is 0 Å². The summed E-state index contributed by atoms with van der Waals surface area (Å²) in [5.41, 5.74) is 14.8. The number of benzene rings is 8. The summed E-state index contributed by atoms with van der Waals surface area (Å²) in [5.74, 6) is 0. The van der Waals surface area contributed by atoms with Crippen LogP contribution in [0.15, 0.2) is 182 Å². The molecule has 1 heterocycles. The van der Waals surface area contributed by atoms with Gasteiger partial charge in [0.2, 0.25) is 0 Å². The van der Waals surface area contributed by atoms with Crippen molar-refractivity contribution in [3.05, 3.63) is 193 Å². The fourth-order valence-corrected chi connectivity index (χ4v) is 8.61. The molecule has 0 saturated carbocycles. The second-order valence-corrected chi connectivity index (χ2v) is 14.2. The lowest BCUT2D eigenvalue weighted by atomic mass is 9.80. The van der Waals surface area contributed by atoms with Crippen LogP contribution in [0, 0.1) is 0 Å². The summed E-state index contributed by atoms with van der Waals surface area (Å²) in [6, 6.07) is 66.3. The third-order valence-corrected chi connectivity index (χ3v) is 10.9. The van der Waals surface area contributed by atoms with Gasteiger partial charge in [-0.15, -0.1) is 0 Å². The van der Waals surface area contributed by atoms with Gasteiger partial charge in [0.15, 0.2) is 0 Å². The second-order valence-electron chi connectivity index (χ2n) is 14.2. The molecule has 0 bridgehead atoms. The van der Waals surface area contributed by atoms with Crippen molar-refractivity contribution in [2.75, 3.05) is 4.90 Å². The maximum absolute atomic E-state index is 2.50. The molecule has 242 valence electrons. The Labute approximate surface area is 298 Å². The highest BCUT2D eigenvalue weighted by Gasteiger charge is 2.37. The van der Waals surface area contributed by atoms with Gasteiger partial charge in [-0.2, -0.15) is 0 Å². The topological polar surface area (TPSA) is 8.17 Å². The van der Waals surface area contributed by atoms with Crippen LogP contribution in [0.3, 0.4) is 0 Å². The minimum absolute atomic E-state index is 0.128. The number of para-hydroxylation sites is 2. The van der Waals surface area contributed by atoms with Crippen molar-refractivity contribution >= 4 is 49.6 Å². The molecule has 10 rings (SSSR count). The fraction of sp³-hybridized carbons (Fsp3) is 0.0612. The van der Waals surface area contributed by atoms with Gasteiger partial charge in [0.1, 0.15) is 0 Å². The molecule has 1 aromatic heterocycles. The Morgan fingerprint density at radius 2 is 1.04 bits per heavy atom. The van der Waals surface area contributed by atoms with Crippen molar-refractivity contribution < 1.29 is 0 Å². The van der Waals surface area contributed by atoms with E-state index in [1.807, 2.05) is 0 Å². The van der Waals surface area contributed by atoms with Gasteiger partial charge in [0.25, 0.3) is 0 Å². The van der Waals surface area contributed by atoms with Gasteiger partial charge >= 0.3 is 0 Å². The van der Waals surface area contributed by atoms with Gasteiger partial charge in [0, 0.05) is 44.3 Å². The summed E-state index contributed by atoms with van der Waals surface area (Å²) in [7, 11) is 0. The summed E-state index contributed by atoms with van der Waals surface area (Å²) in [6.07, 6.45) is 0. The highest BCUT2D eigenvalue weighted by Crippen LogP contribution is 2.53. The molecule has 0 N–H and O–H groups in total. The number of hydrogen-bond acceptors (Lipinski definition) is 1. The van der Waals surface area contributed by atoms with E-state index in [-0.39, 0.29) is 5.41 Å². The molecule has 2 heteroatoms. The predicted molar refractivity (Wildman–Crippen MR) is 216 cm³/mol. The van der Waals surface area contributed by atoms with Crippen LogP contribution in [0.25, 0.3) is 60.5 Å². The monoisotopic (exact) mass is 652 g/mol. The first-order valence-electron chi connectivity index (χ1n) is 17.8. The normalized spacial score (nSPS) is 13.1. The number of nitrogens with zero attached hydrogens (tertiary/aromatic N) is 2. The van der Waals surface area contributed by atoms with Crippen molar-refractivity contribution in [3.8, 4) is 27.9 Å². The number of hydrogen-bond donors (Lipinski definition) is 0. The first kappa shape index (κ1) is 29.5. The summed E-state index contributed by atoms with van der Waals surface area (Å²) < 4.78 is 2.50. The van der Waals surface area contributed by atoms with Crippen molar-refractivity contribution in [2.24, 2.45) is 0 Å². The third-order valence-electron chi connectivity index (χ3n) is 10.9. The quantitative estimate of drug-likeness (QED) is 0.180. The van der Waals surface area contributed by atoms with Crippen LogP contribution in [0.1, 0.15) is 25.0 Å². The largest absolute Gasteiger partial charge is 0.311 e. The molecule has 0 aliphatic heterocycles. The lowest BCUT2D eigenvalue weighted by molar-refractivity contribution is 0.666. The van der Waals surface area contributed by atoms with Gasteiger partial charge in [-0.1, -0.05) is 141 Å². The van der Waals surface area contributed by atoms with Crippen LogP contribution in [-0.4, -0.2) is 4.57 Å². The van der Waals surface area contributed by atoms with E-state index in [4.69, 9.17) is 0 Å². The molecule has 9 aromatic rings. The summed E-state index contributed by atoms with van der Waals surface area (Å²) >= 11 is 0. The Morgan fingerprint density at radius 3 is 1.80 bits per heavy atom. The van der Waals surface area contributed by atoms with E-state index < -0.39 is 0 Å². The molecule has 0 saturated heterocycles. The van der Waals surface area contributed by atoms with Gasteiger partial charge in [-0.3, -0.25) is 0 Å². The average molecular weight is 653 g/mol. The first-order valence-corrected chi connectivity index (χ1v) is 17.8. The molecule has 0 spiro atoms. The molecular weight excluding hydrogens is 617 g/mol. The van der Waals surface area contributed by atoms with Crippen LogP contribution >= 0.6 is 0 Å². The summed E-state index contributed by atoms with van der Waals surface area (Å²) in [4.78, 5) is 2.34. The number of anilines is 3. The van der Waals surface area contributed by atoms with E-state index in [2.05, 4.69) is 205 Å². The van der Waals surface area contributed by atoms with Crippen LogP contribution in [0.2, 0.25) is 0 Å². The van der Waals surface area contributed by atoms with E-state index in [9.17, 15) is 0 Å². The van der Waals surface area contributed by atoms with Crippen molar-refractivity contribution in [1.29, 1.82) is 0 Å². The zero-order valence-electron chi connectivity index (χ0n) is 28.7. The van der Waals surface area contributed by atoms with E-state index in [1.54, 1.807) is 0 Å². The highest BCUT2D eigenvalue weighted by molar-refractivity contribution is 6.21. The third kappa shape index (κ3) is 4.50. The molecular formula is C49H36N2. The van der Waals surface area contributed by atoms with E-state index >= 15 is 0 Å². The molecule has 0 atom stereocenters. The minimum Gasteiger partial charge on any atom is -0.311 e. The Balaban J connectivity index is 1.17. The maximum atomic E-state index is 2.50. The zero-order valence-corrected chi connectivity index (χ0v) is 28.7. The zero-order chi connectivity index (χ0) is 34.1. The molecule has 0 radical (unpaired) electrons. The molecule has 51 heavy (non-hydrogen) atoms. The number of fused-ring (bicyclic) bond motifs is 9. The summed E-state index contributed by atoms with van der Waals surface area (Å²) in [5, 5.41) is 5.17. The number of rotatable bonds is 5. The van der Waals surface area contributed by atoms with Crippen LogP contribution in [0.5, 0.6) is 0 Å². The molecule has 0 amide bonds. The first-order chi connectivity index (χ1) is 25.1. The van der Waals surface area contributed by atoms with Crippen molar-refractivity contribution in [2.45, 2.75) is 19.3 Å². The Kier molecular flexibility index (Phi) is 6.56. The van der Waals surface area contributed by atoms with Crippen LogP contribution < -0.4 is 4.90 Å². The fourth-order valence-electron chi connectivity index (χ4n) is 8.61. The maximum Gasteiger partial charge on any atom is 0.0622 e. The average Bonchev–Trinajstić information content (AvgIpc) is 3.65. The number of aromatic nitrogens is 1. The van der Waals surface area contributed by atoms with Gasteiger partial charge in [-0.25, -0.2) is 0 Å².